The topological polar surface area (TPSA) is 58.0 Å². The van der Waals surface area contributed by atoms with Crippen LogP contribution in [0.1, 0.15) is 30.2 Å². The molecule has 3 rings (SSSR count). The number of anilines is 1. The van der Waals surface area contributed by atoms with Gasteiger partial charge in [0.05, 0.1) is 18.0 Å². The molecule has 1 aliphatic rings. The molecule has 5 heteroatoms. The minimum Gasteiger partial charge on any atom is -0.394 e. The molecule has 0 radical (unpaired) electrons. The summed E-state index contributed by atoms with van der Waals surface area (Å²) in [5, 5.41) is 13.8. The van der Waals surface area contributed by atoms with E-state index in [4.69, 9.17) is 0 Å². The second-order valence-corrected chi connectivity index (χ2v) is 5.78. The number of fused-ring (bicyclic) bond motifs is 3. The highest BCUT2D eigenvalue weighted by molar-refractivity contribution is 7.19. The van der Waals surface area contributed by atoms with Crippen LogP contribution in [0.3, 0.4) is 0 Å². The van der Waals surface area contributed by atoms with Gasteiger partial charge < -0.3 is 10.4 Å². The summed E-state index contributed by atoms with van der Waals surface area (Å²) < 4.78 is 0. The maximum absolute atomic E-state index is 9.30. The molecule has 2 N–H and O–H groups in total. The highest BCUT2D eigenvalue weighted by Gasteiger charge is 2.21. The molecule has 0 unspecified atom stereocenters. The molecule has 1 atom stereocenters. The van der Waals surface area contributed by atoms with Gasteiger partial charge >= 0.3 is 0 Å². The predicted molar refractivity (Wildman–Crippen MR) is 74.2 cm³/mol. The van der Waals surface area contributed by atoms with Gasteiger partial charge in [0.1, 0.15) is 17.0 Å². The fourth-order valence-corrected chi connectivity index (χ4v) is 3.74. The Morgan fingerprint density at radius 2 is 2.33 bits per heavy atom. The van der Waals surface area contributed by atoms with Gasteiger partial charge in [-0.3, -0.25) is 0 Å². The summed E-state index contributed by atoms with van der Waals surface area (Å²) in [6, 6.07) is 0.0695. The van der Waals surface area contributed by atoms with E-state index in [0.29, 0.717) is 0 Å². The van der Waals surface area contributed by atoms with Gasteiger partial charge in [-0.05, 0) is 31.2 Å². The van der Waals surface area contributed by atoms with Gasteiger partial charge in [0.25, 0.3) is 0 Å². The molecule has 0 spiro atoms. The van der Waals surface area contributed by atoms with Crippen molar-refractivity contribution in [1.29, 1.82) is 0 Å². The van der Waals surface area contributed by atoms with E-state index in [1.54, 1.807) is 17.7 Å². The molecule has 0 fully saturated rings. The molecule has 96 valence electrons. The van der Waals surface area contributed by atoms with Crippen LogP contribution in [0.15, 0.2) is 6.33 Å². The molecule has 1 aliphatic carbocycles. The second-order valence-electron chi connectivity index (χ2n) is 4.69. The summed E-state index contributed by atoms with van der Waals surface area (Å²) in [5.74, 6) is 0.889. The van der Waals surface area contributed by atoms with E-state index >= 15 is 0 Å². The number of nitrogens with zero attached hydrogens (tertiary/aromatic N) is 2. The normalized spacial score (nSPS) is 15.9. The first-order valence-corrected chi connectivity index (χ1v) is 7.27. The number of hydrogen-bond acceptors (Lipinski definition) is 5. The molecule has 4 nitrogen and oxygen atoms in total. The highest BCUT2D eigenvalue weighted by atomic mass is 32.1. The van der Waals surface area contributed by atoms with Crippen molar-refractivity contribution >= 4 is 27.4 Å². The van der Waals surface area contributed by atoms with Gasteiger partial charge in [-0.2, -0.15) is 0 Å². The number of aryl methyl sites for hydroxylation is 2. The largest absolute Gasteiger partial charge is 0.394 e. The van der Waals surface area contributed by atoms with E-state index in [1.807, 2.05) is 0 Å². The van der Waals surface area contributed by atoms with Gasteiger partial charge in [-0.25, -0.2) is 9.97 Å². The third-order valence-corrected chi connectivity index (χ3v) is 4.76. The maximum Gasteiger partial charge on any atom is 0.138 e. The summed E-state index contributed by atoms with van der Waals surface area (Å²) in [4.78, 5) is 11.3. The zero-order chi connectivity index (χ0) is 12.5. The molecular formula is C13H17N3OS. The van der Waals surface area contributed by atoms with Crippen molar-refractivity contribution in [3.63, 3.8) is 0 Å². The second kappa shape index (κ2) is 4.82. The van der Waals surface area contributed by atoms with Crippen LogP contribution in [-0.2, 0) is 12.8 Å². The summed E-state index contributed by atoms with van der Waals surface area (Å²) in [7, 11) is 0. The van der Waals surface area contributed by atoms with Crippen molar-refractivity contribution in [2.75, 3.05) is 11.9 Å². The van der Waals surface area contributed by atoms with Crippen molar-refractivity contribution in [1.82, 2.24) is 9.97 Å². The van der Waals surface area contributed by atoms with Crippen LogP contribution in [0.25, 0.3) is 10.2 Å². The number of aliphatic hydroxyl groups excluding tert-OH is 1. The van der Waals surface area contributed by atoms with E-state index in [9.17, 15) is 5.11 Å². The Balaban J connectivity index is 2.06. The van der Waals surface area contributed by atoms with E-state index in [0.717, 1.165) is 23.5 Å². The van der Waals surface area contributed by atoms with E-state index in [1.165, 1.54) is 28.7 Å². The van der Waals surface area contributed by atoms with Crippen LogP contribution in [0, 0.1) is 0 Å². The van der Waals surface area contributed by atoms with Gasteiger partial charge in [-0.15, -0.1) is 11.3 Å². The number of thiophene rings is 1. The lowest BCUT2D eigenvalue weighted by Gasteiger charge is -2.15. The Kier molecular flexibility index (Phi) is 3.18. The van der Waals surface area contributed by atoms with Crippen LogP contribution in [0.5, 0.6) is 0 Å². The highest BCUT2D eigenvalue weighted by Crippen LogP contribution is 2.39. The first-order valence-electron chi connectivity index (χ1n) is 6.46. The van der Waals surface area contributed by atoms with Gasteiger partial charge in [0.2, 0.25) is 0 Å². The third-order valence-electron chi connectivity index (χ3n) is 3.56. The summed E-state index contributed by atoms with van der Waals surface area (Å²) in [6.07, 6.45) is 6.04. The predicted octanol–water partition coefficient (Wildman–Crippen LogP) is 2.36. The van der Waals surface area contributed by atoms with Crippen LogP contribution < -0.4 is 5.32 Å². The number of rotatable bonds is 4. The van der Waals surface area contributed by atoms with Crippen LogP contribution in [0.4, 0.5) is 5.82 Å². The summed E-state index contributed by atoms with van der Waals surface area (Å²) >= 11 is 1.79. The van der Waals surface area contributed by atoms with Crippen molar-refractivity contribution < 1.29 is 5.11 Å². The SMILES string of the molecule is CC[C@@H](CO)Nc1ncnc2sc3c(c12)CCC3. The fraction of sp³-hybridized carbons (Fsp3) is 0.538. The molecule has 0 aromatic carbocycles. The van der Waals surface area contributed by atoms with Crippen molar-refractivity contribution in [2.24, 2.45) is 0 Å². The Bertz CT molecular complexity index is 563. The van der Waals surface area contributed by atoms with Crippen LogP contribution in [-0.4, -0.2) is 27.7 Å². The lowest BCUT2D eigenvalue weighted by Crippen LogP contribution is -2.23. The average Bonchev–Trinajstić information content (AvgIpc) is 2.95. The quantitative estimate of drug-likeness (QED) is 0.889. The molecule has 2 aromatic heterocycles. The molecular weight excluding hydrogens is 246 g/mol. The summed E-state index contributed by atoms with van der Waals surface area (Å²) in [6.45, 7) is 2.19. The lowest BCUT2D eigenvalue weighted by molar-refractivity contribution is 0.271. The van der Waals surface area contributed by atoms with Gasteiger partial charge in [0.15, 0.2) is 0 Å². The van der Waals surface area contributed by atoms with Crippen LogP contribution in [0.2, 0.25) is 0 Å². The zero-order valence-electron chi connectivity index (χ0n) is 10.4. The number of aliphatic hydroxyl groups is 1. The number of aromatic nitrogens is 2. The summed E-state index contributed by atoms with van der Waals surface area (Å²) in [5.41, 5.74) is 1.42. The first kappa shape index (κ1) is 11.9. The number of hydrogen-bond donors (Lipinski definition) is 2. The molecule has 2 aromatic rings. The average molecular weight is 263 g/mol. The minimum absolute atomic E-state index is 0.0695. The third kappa shape index (κ3) is 1.87. The van der Waals surface area contributed by atoms with Gasteiger partial charge in [-0.1, -0.05) is 6.92 Å². The van der Waals surface area contributed by atoms with E-state index < -0.39 is 0 Å². The van der Waals surface area contributed by atoms with Gasteiger partial charge in [0, 0.05) is 4.88 Å². The lowest BCUT2D eigenvalue weighted by atomic mass is 10.1. The molecule has 18 heavy (non-hydrogen) atoms. The monoisotopic (exact) mass is 263 g/mol. The Morgan fingerprint density at radius 3 is 3.11 bits per heavy atom. The van der Waals surface area contributed by atoms with Crippen molar-refractivity contribution in [2.45, 2.75) is 38.6 Å². The molecule has 0 saturated carbocycles. The minimum atomic E-state index is 0.0695. The first-order chi connectivity index (χ1) is 8.83. The molecule has 0 saturated heterocycles. The Morgan fingerprint density at radius 1 is 1.44 bits per heavy atom. The van der Waals surface area contributed by atoms with Crippen molar-refractivity contribution in [3.05, 3.63) is 16.8 Å². The zero-order valence-corrected chi connectivity index (χ0v) is 11.3. The van der Waals surface area contributed by atoms with E-state index in [-0.39, 0.29) is 12.6 Å². The maximum atomic E-state index is 9.30. The van der Waals surface area contributed by atoms with Crippen LogP contribution >= 0.6 is 11.3 Å². The molecule has 0 amide bonds. The van der Waals surface area contributed by atoms with Crippen molar-refractivity contribution in [3.8, 4) is 0 Å². The molecule has 0 bridgehead atoms. The Hall–Kier alpha value is -1.20. The molecule has 0 aliphatic heterocycles. The Labute approximate surface area is 110 Å². The molecule has 2 heterocycles. The smallest absolute Gasteiger partial charge is 0.138 e. The number of nitrogens with one attached hydrogen (secondary N) is 1. The fourth-order valence-electron chi connectivity index (χ4n) is 2.51. The van der Waals surface area contributed by atoms with E-state index in [2.05, 4.69) is 22.2 Å². The standard InChI is InChI=1S/C13H17N3OS/c1-2-8(6-17)16-12-11-9-4-3-5-10(9)18-13(11)15-7-14-12/h7-8,17H,2-6H2,1H3,(H,14,15,16)/t8-/m0/s1.